The van der Waals surface area contributed by atoms with Gasteiger partial charge in [0.1, 0.15) is 17.5 Å². The number of rotatable bonds is 2. The van der Waals surface area contributed by atoms with Crippen LogP contribution in [0.4, 0.5) is 21.7 Å². The molecule has 0 fully saturated rings. The number of pyridine rings is 1. The van der Waals surface area contributed by atoms with Gasteiger partial charge in [-0.2, -0.15) is 10.1 Å². The maximum absolute atomic E-state index is 13.9. The number of anilines is 3. The summed E-state index contributed by atoms with van der Waals surface area (Å²) in [6.07, 6.45) is 5.61. The molecule has 1 aromatic carbocycles. The Bertz CT molecular complexity index is 1300. The van der Waals surface area contributed by atoms with E-state index >= 15 is 0 Å². The summed E-state index contributed by atoms with van der Waals surface area (Å²) in [5, 5.41) is 5.23. The molecule has 0 saturated carbocycles. The average molecular weight is 436 g/mol. The smallest absolute Gasteiger partial charge is 0.224 e. The number of fused-ring (bicyclic) bond motifs is 3. The normalized spacial score (nSPS) is 15.8. The van der Waals surface area contributed by atoms with Crippen molar-refractivity contribution in [1.29, 1.82) is 0 Å². The molecular weight excluding hydrogens is 417 g/mol. The van der Waals surface area contributed by atoms with Crippen LogP contribution in [0.3, 0.4) is 0 Å². The van der Waals surface area contributed by atoms with E-state index in [0.29, 0.717) is 23.3 Å². The first kappa shape index (κ1) is 18.5. The molecule has 0 aliphatic carbocycles. The zero-order chi connectivity index (χ0) is 20.9. The minimum Gasteiger partial charge on any atom is -0.351 e. The molecule has 31 heavy (non-hydrogen) atoms. The largest absolute Gasteiger partial charge is 0.351 e. The van der Waals surface area contributed by atoms with Gasteiger partial charge in [0.15, 0.2) is 0 Å². The van der Waals surface area contributed by atoms with Gasteiger partial charge in [0.2, 0.25) is 5.28 Å². The zero-order valence-corrected chi connectivity index (χ0v) is 17.4. The molecule has 0 amide bonds. The Labute approximate surface area is 183 Å². The van der Waals surface area contributed by atoms with Crippen molar-refractivity contribution in [2.24, 2.45) is 0 Å². The van der Waals surface area contributed by atoms with E-state index in [1.165, 1.54) is 12.1 Å². The van der Waals surface area contributed by atoms with Crippen molar-refractivity contribution in [3.05, 3.63) is 65.1 Å². The van der Waals surface area contributed by atoms with Crippen molar-refractivity contribution in [3.63, 3.8) is 0 Å². The molecule has 7 nitrogen and oxygen atoms in total. The second kappa shape index (κ2) is 7.16. The summed E-state index contributed by atoms with van der Waals surface area (Å²) < 4.78 is 16.0. The second-order valence-electron chi connectivity index (χ2n) is 7.87. The van der Waals surface area contributed by atoms with Crippen molar-refractivity contribution < 1.29 is 4.39 Å². The molecule has 0 saturated heterocycles. The molecule has 2 aliphatic heterocycles. The fourth-order valence-electron chi connectivity index (χ4n) is 4.52. The van der Waals surface area contributed by atoms with Gasteiger partial charge in [-0.05, 0) is 47.9 Å². The lowest BCUT2D eigenvalue weighted by Crippen LogP contribution is -2.33. The van der Waals surface area contributed by atoms with Crippen LogP contribution >= 0.6 is 11.6 Å². The van der Waals surface area contributed by atoms with E-state index in [9.17, 15) is 4.39 Å². The lowest BCUT2D eigenvalue weighted by molar-refractivity contribution is 0.541. The highest BCUT2D eigenvalue weighted by atomic mass is 35.5. The predicted octanol–water partition coefficient (Wildman–Crippen LogP) is 4.12. The van der Waals surface area contributed by atoms with Crippen LogP contribution in [0.5, 0.6) is 0 Å². The quantitative estimate of drug-likeness (QED) is 0.441. The Morgan fingerprint density at radius 1 is 1.03 bits per heavy atom. The molecule has 3 aromatic heterocycles. The molecule has 9 heteroatoms. The summed E-state index contributed by atoms with van der Waals surface area (Å²) in [7, 11) is 0. The summed E-state index contributed by atoms with van der Waals surface area (Å²) in [4.78, 5) is 17.8. The van der Waals surface area contributed by atoms with Crippen molar-refractivity contribution in [2.45, 2.75) is 25.9 Å². The number of hydrogen-bond donors (Lipinski definition) is 0. The summed E-state index contributed by atoms with van der Waals surface area (Å²) >= 11 is 6.18. The van der Waals surface area contributed by atoms with Crippen LogP contribution in [0, 0.1) is 5.82 Å². The third-order valence-corrected chi connectivity index (χ3v) is 6.14. The summed E-state index contributed by atoms with van der Waals surface area (Å²) in [5.41, 5.74) is 3.91. The molecule has 156 valence electrons. The second-order valence-corrected chi connectivity index (χ2v) is 8.20. The maximum atomic E-state index is 13.9. The molecule has 0 N–H and O–H groups in total. The number of aromatic nitrogens is 5. The van der Waals surface area contributed by atoms with Crippen LogP contribution in [0.1, 0.15) is 17.7 Å². The monoisotopic (exact) mass is 435 g/mol. The minimum absolute atomic E-state index is 0.161. The van der Waals surface area contributed by atoms with Gasteiger partial charge in [-0.1, -0.05) is 0 Å². The van der Waals surface area contributed by atoms with E-state index in [4.69, 9.17) is 16.6 Å². The third-order valence-electron chi connectivity index (χ3n) is 5.97. The van der Waals surface area contributed by atoms with Gasteiger partial charge in [0.05, 0.1) is 23.6 Å². The van der Waals surface area contributed by atoms with Crippen LogP contribution in [0.2, 0.25) is 5.28 Å². The molecule has 0 atom stereocenters. The number of halogens is 2. The van der Waals surface area contributed by atoms with Gasteiger partial charge < -0.3 is 9.80 Å². The fraction of sp³-hybridized carbons (Fsp3) is 0.273. The Balaban J connectivity index is 1.38. The van der Waals surface area contributed by atoms with Crippen LogP contribution in [0.25, 0.3) is 10.9 Å². The first-order valence-electron chi connectivity index (χ1n) is 10.3. The maximum Gasteiger partial charge on any atom is 0.224 e. The molecule has 0 unspecified atom stereocenters. The summed E-state index contributed by atoms with van der Waals surface area (Å²) in [6.45, 7) is 3.22. The highest BCUT2D eigenvalue weighted by Gasteiger charge is 2.24. The van der Waals surface area contributed by atoms with Crippen molar-refractivity contribution in [2.75, 3.05) is 22.9 Å². The van der Waals surface area contributed by atoms with E-state index in [0.717, 1.165) is 55.2 Å². The lowest BCUT2D eigenvalue weighted by atomic mass is 10.0. The average Bonchev–Trinajstić information content (AvgIpc) is 3.27. The number of aryl methyl sites for hydroxylation is 1. The SMILES string of the molecule is Fc1ccc2nc(Cl)nc(N3CCc4ncc(N5CCCn6nccc65)cc4C3)c2c1. The number of hydrogen-bond acceptors (Lipinski definition) is 6. The highest BCUT2D eigenvalue weighted by molar-refractivity contribution is 6.28. The third kappa shape index (κ3) is 3.18. The molecular formula is C22H19ClFN7. The first-order chi connectivity index (χ1) is 15.2. The van der Waals surface area contributed by atoms with Crippen LogP contribution in [0.15, 0.2) is 42.7 Å². The van der Waals surface area contributed by atoms with Crippen molar-refractivity contribution in [1.82, 2.24) is 24.7 Å². The molecule has 2 aliphatic rings. The van der Waals surface area contributed by atoms with Gasteiger partial charge in [0.25, 0.3) is 0 Å². The van der Waals surface area contributed by atoms with Gasteiger partial charge in [-0.25, -0.2) is 14.1 Å². The lowest BCUT2D eigenvalue weighted by Gasteiger charge is -2.33. The number of benzene rings is 1. The first-order valence-corrected chi connectivity index (χ1v) is 10.7. The Hall–Kier alpha value is -3.26. The van der Waals surface area contributed by atoms with Gasteiger partial charge in [-0.3, -0.25) is 4.98 Å². The molecule has 5 heterocycles. The zero-order valence-electron chi connectivity index (χ0n) is 16.7. The van der Waals surface area contributed by atoms with Crippen molar-refractivity contribution >= 4 is 39.8 Å². The van der Waals surface area contributed by atoms with E-state index < -0.39 is 0 Å². The van der Waals surface area contributed by atoms with Gasteiger partial charge in [-0.15, -0.1) is 0 Å². The Morgan fingerprint density at radius 2 is 1.97 bits per heavy atom. The van der Waals surface area contributed by atoms with Crippen LogP contribution in [-0.2, 0) is 19.5 Å². The van der Waals surface area contributed by atoms with Gasteiger partial charge >= 0.3 is 0 Å². The van der Waals surface area contributed by atoms with Crippen LogP contribution < -0.4 is 9.80 Å². The highest BCUT2D eigenvalue weighted by Crippen LogP contribution is 2.33. The van der Waals surface area contributed by atoms with E-state index in [2.05, 4.69) is 30.9 Å². The molecule has 6 rings (SSSR count). The van der Waals surface area contributed by atoms with Gasteiger partial charge in [0, 0.05) is 49.7 Å². The molecule has 0 spiro atoms. The molecule has 0 radical (unpaired) electrons. The summed E-state index contributed by atoms with van der Waals surface area (Å²) in [5.74, 6) is 1.43. The number of nitrogens with zero attached hydrogens (tertiary/aromatic N) is 7. The van der Waals surface area contributed by atoms with E-state index in [1.54, 1.807) is 6.07 Å². The van der Waals surface area contributed by atoms with E-state index in [-0.39, 0.29) is 11.1 Å². The topological polar surface area (TPSA) is 63.0 Å². The van der Waals surface area contributed by atoms with E-state index in [1.807, 2.05) is 23.1 Å². The van der Waals surface area contributed by atoms with Crippen LogP contribution in [-0.4, -0.2) is 37.8 Å². The molecule has 4 aromatic rings. The Morgan fingerprint density at radius 3 is 2.90 bits per heavy atom. The minimum atomic E-state index is -0.317. The standard InChI is InChI=1S/C22H19ClFN7/c23-22-27-19-3-2-15(24)11-17(19)21(28-22)29-9-5-18-14(13-29)10-16(12-25-18)30-7-1-8-31-20(30)4-6-26-31/h2-4,6,10-12H,1,5,7-9,13H2. The Kier molecular flexibility index (Phi) is 4.27. The van der Waals surface area contributed by atoms with Crippen molar-refractivity contribution in [3.8, 4) is 0 Å². The summed E-state index contributed by atoms with van der Waals surface area (Å²) in [6, 6.07) is 8.73. The predicted molar refractivity (Wildman–Crippen MR) is 117 cm³/mol. The fourth-order valence-corrected chi connectivity index (χ4v) is 4.69. The molecule has 0 bridgehead atoms.